The topological polar surface area (TPSA) is 0 Å². The van der Waals surface area contributed by atoms with Crippen molar-refractivity contribution >= 4 is 96.1 Å². The number of rotatable bonds is 6. The minimum atomic E-state index is 1.23. The van der Waals surface area contributed by atoms with E-state index in [9.17, 15) is 0 Å². The molecule has 1 heterocycles. The molecule has 0 aliphatic carbocycles. The first-order chi connectivity index (χ1) is 34.2. The van der Waals surface area contributed by atoms with E-state index >= 15 is 0 Å². The lowest BCUT2D eigenvalue weighted by molar-refractivity contribution is 1.61. The van der Waals surface area contributed by atoms with Crippen LogP contribution < -0.4 is 0 Å². The Morgan fingerprint density at radius 3 is 0.841 bits per heavy atom. The summed E-state index contributed by atoms with van der Waals surface area (Å²) in [6.07, 6.45) is 0. The van der Waals surface area contributed by atoms with Gasteiger partial charge in [-0.25, -0.2) is 0 Å². The average Bonchev–Trinajstić information content (AvgIpc) is 3.79. The summed E-state index contributed by atoms with van der Waals surface area (Å²) < 4.78 is 2.62. The maximum atomic E-state index is 2.43. The van der Waals surface area contributed by atoms with E-state index in [0.29, 0.717) is 0 Å². The van der Waals surface area contributed by atoms with Crippen LogP contribution in [0, 0.1) is 0 Å². The van der Waals surface area contributed by atoms with Gasteiger partial charge in [0, 0.05) is 20.2 Å². The Balaban J connectivity index is 0.824. The summed E-state index contributed by atoms with van der Waals surface area (Å²) in [7, 11) is 0. The molecule has 0 fully saturated rings. The summed E-state index contributed by atoms with van der Waals surface area (Å²) in [5.41, 5.74) is 15.0. The highest BCUT2D eigenvalue weighted by atomic mass is 32.1. The predicted octanol–water partition coefficient (Wildman–Crippen LogP) is 19.9. The molecule has 1 aromatic heterocycles. The monoisotopic (exact) mass is 888 g/mol. The van der Waals surface area contributed by atoms with E-state index in [1.54, 1.807) is 0 Å². The van der Waals surface area contributed by atoms with Gasteiger partial charge in [-0.15, -0.1) is 11.3 Å². The predicted molar refractivity (Wildman–Crippen MR) is 299 cm³/mol. The van der Waals surface area contributed by atoms with Crippen molar-refractivity contribution in [1.29, 1.82) is 0 Å². The highest BCUT2D eigenvalue weighted by molar-refractivity contribution is 7.25. The third-order valence-corrected chi connectivity index (χ3v) is 16.1. The van der Waals surface area contributed by atoms with Gasteiger partial charge < -0.3 is 0 Å². The summed E-state index contributed by atoms with van der Waals surface area (Å²) >= 11 is 1.90. The summed E-state index contributed by atoms with van der Waals surface area (Å²) in [6, 6.07) is 90.7. The molecule has 0 aliphatic heterocycles. The molecule has 0 saturated carbocycles. The second-order valence-electron chi connectivity index (χ2n) is 18.7. The Morgan fingerprint density at radius 1 is 0.188 bits per heavy atom. The molecule has 0 amide bonds. The van der Waals surface area contributed by atoms with E-state index < -0.39 is 0 Å². The molecule has 0 aliphatic rings. The van der Waals surface area contributed by atoms with Crippen LogP contribution in [0.3, 0.4) is 0 Å². The maximum Gasteiger partial charge on any atom is 0.0361 e. The lowest BCUT2D eigenvalue weighted by Crippen LogP contribution is -1.90. The number of hydrogen-bond acceptors (Lipinski definition) is 1. The molecule has 0 spiro atoms. The van der Waals surface area contributed by atoms with Crippen molar-refractivity contribution in [3.8, 4) is 66.8 Å². The lowest BCUT2D eigenvalue weighted by Gasteiger charge is -2.17. The third-order valence-electron chi connectivity index (χ3n) is 15.0. The van der Waals surface area contributed by atoms with Crippen LogP contribution in [0.5, 0.6) is 0 Å². The second-order valence-corrected chi connectivity index (χ2v) is 19.8. The highest BCUT2D eigenvalue weighted by Gasteiger charge is 2.19. The Labute approximate surface area is 403 Å². The Bertz CT molecular complexity index is 4230. The minimum absolute atomic E-state index is 1.23. The van der Waals surface area contributed by atoms with Gasteiger partial charge in [-0.1, -0.05) is 218 Å². The molecule has 0 radical (unpaired) electrons. The van der Waals surface area contributed by atoms with Gasteiger partial charge in [0.05, 0.1) is 0 Å². The van der Waals surface area contributed by atoms with Crippen LogP contribution in [0.25, 0.3) is 152 Å². The smallest absolute Gasteiger partial charge is 0.0361 e. The molecule has 1 heteroatoms. The molecule has 0 bridgehead atoms. The van der Waals surface area contributed by atoms with Crippen LogP contribution in [-0.4, -0.2) is 0 Å². The van der Waals surface area contributed by atoms with Crippen molar-refractivity contribution in [3.05, 3.63) is 243 Å². The third kappa shape index (κ3) is 5.94. The highest BCUT2D eigenvalue weighted by Crippen LogP contribution is 2.47. The van der Waals surface area contributed by atoms with Crippen molar-refractivity contribution in [2.75, 3.05) is 0 Å². The van der Waals surface area contributed by atoms with E-state index in [1.807, 2.05) is 11.3 Å². The zero-order valence-electron chi connectivity index (χ0n) is 37.5. The van der Waals surface area contributed by atoms with E-state index in [0.717, 1.165) is 0 Å². The van der Waals surface area contributed by atoms with Crippen molar-refractivity contribution in [3.63, 3.8) is 0 Å². The van der Waals surface area contributed by atoms with Crippen molar-refractivity contribution in [1.82, 2.24) is 0 Å². The molecule has 15 rings (SSSR count). The minimum Gasteiger partial charge on any atom is -0.135 e. The Hall–Kier alpha value is -8.62. The van der Waals surface area contributed by atoms with Gasteiger partial charge in [0.25, 0.3) is 0 Å². The van der Waals surface area contributed by atoms with Crippen molar-refractivity contribution < 1.29 is 0 Å². The van der Waals surface area contributed by atoms with Crippen LogP contribution in [0.1, 0.15) is 0 Å². The van der Waals surface area contributed by atoms with Crippen LogP contribution in [0.2, 0.25) is 0 Å². The van der Waals surface area contributed by atoms with Gasteiger partial charge in [-0.2, -0.15) is 0 Å². The van der Waals surface area contributed by atoms with Gasteiger partial charge >= 0.3 is 0 Å². The number of fused-ring (bicyclic) bond motifs is 3. The van der Waals surface area contributed by atoms with Gasteiger partial charge in [0.15, 0.2) is 0 Å². The largest absolute Gasteiger partial charge is 0.135 e. The van der Waals surface area contributed by atoms with Gasteiger partial charge in [0.2, 0.25) is 0 Å². The SMILES string of the molecule is c1ccc(-c2cccc(-c3ccc4ccc5c(-c6ccc7c(c6)sc6cc(-c8ccc9ccc%10c(-c%11cccc(-c%12ccccc%12)c%11)ccc%11ccc8c9c%11%10)ccc67)ccc6ccc3c4c65)c2)cc1. The first-order valence-electron chi connectivity index (χ1n) is 23.9. The van der Waals surface area contributed by atoms with Crippen LogP contribution in [-0.2, 0) is 0 Å². The van der Waals surface area contributed by atoms with Crippen molar-refractivity contribution in [2.45, 2.75) is 0 Å². The van der Waals surface area contributed by atoms with Gasteiger partial charge in [-0.05, 0) is 156 Å². The van der Waals surface area contributed by atoms with Crippen molar-refractivity contribution in [2.24, 2.45) is 0 Å². The Morgan fingerprint density at radius 2 is 0.478 bits per heavy atom. The maximum absolute atomic E-state index is 2.43. The fraction of sp³-hybridized carbons (Fsp3) is 0. The molecule has 14 aromatic carbocycles. The lowest BCUT2D eigenvalue weighted by atomic mass is 9.86. The van der Waals surface area contributed by atoms with E-state index in [-0.39, 0.29) is 0 Å². The molecule has 0 unspecified atom stereocenters. The average molecular weight is 889 g/mol. The van der Waals surface area contributed by atoms with E-state index in [2.05, 4.69) is 243 Å². The number of thiophene rings is 1. The molecular weight excluding hydrogens is 849 g/mol. The van der Waals surface area contributed by atoms with Gasteiger partial charge in [-0.3, -0.25) is 0 Å². The van der Waals surface area contributed by atoms with Crippen LogP contribution >= 0.6 is 11.3 Å². The standard InChI is InChI=1S/C68H40S/c1-3-9-41(10-4-1)47-13-7-15-49(37-47)53-27-17-43-23-35-61-55(29-19-45-21-33-59(53)65(43)67(45)61)51-25-31-57-58-32-26-52(40-64(58)69-63(57)39-51)56-30-20-46-22-34-60-54(28-18-44-24-36-62(56)68(46)66(44)60)50-16-8-14-48(38-50)42-11-5-2-6-12-42/h1-40H. The molecule has 15 aromatic rings. The summed E-state index contributed by atoms with van der Waals surface area (Å²) in [5.74, 6) is 0. The fourth-order valence-electron chi connectivity index (χ4n) is 11.7. The zero-order valence-corrected chi connectivity index (χ0v) is 38.3. The fourth-order valence-corrected chi connectivity index (χ4v) is 12.9. The quantitative estimate of drug-likeness (QED) is 0.146. The Kier molecular flexibility index (Phi) is 8.33. The molecule has 69 heavy (non-hydrogen) atoms. The molecule has 0 saturated heterocycles. The van der Waals surface area contributed by atoms with E-state index in [1.165, 1.54) is 152 Å². The normalized spacial score (nSPS) is 12.1. The summed E-state index contributed by atoms with van der Waals surface area (Å²) in [5, 5.41) is 18.3. The van der Waals surface area contributed by atoms with Crippen LogP contribution in [0.15, 0.2) is 243 Å². The van der Waals surface area contributed by atoms with Gasteiger partial charge in [0.1, 0.15) is 0 Å². The first kappa shape index (κ1) is 38.5. The molecule has 318 valence electrons. The first-order valence-corrected chi connectivity index (χ1v) is 24.7. The second kappa shape index (κ2) is 14.9. The number of benzene rings is 14. The summed E-state index contributed by atoms with van der Waals surface area (Å²) in [4.78, 5) is 0. The van der Waals surface area contributed by atoms with E-state index in [4.69, 9.17) is 0 Å². The summed E-state index contributed by atoms with van der Waals surface area (Å²) in [6.45, 7) is 0. The molecule has 0 N–H and O–H groups in total. The molecule has 0 atom stereocenters. The zero-order chi connectivity index (χ0) is 45.2. The molecule has 0 nitrogen and oxygen atoms in total. The van der Waals surface area contributed by atoms with Crippen LogP contribution in [0.4, 0.5) is 0 Å². The number of hydrogen-bond donors (Lipinski definition) is 0. The molecular formula is C68H40S.